The number of amides is 3. The van der Waals surface area contributed by atoms with Gasteiger partial charge in [-0.3, -0.25) is 14.5 Å². The summed E-state index contributed by atoms with van der Waals surface area (Å²) in [5, 5.41) is 3.14. The number of methoxy groups -OCH3 is 1. The van der Waals surface area contributed by atoms with Crippen molar-refractivity contribution in [1.82, 2.24) is 4.90 Å². The molecule has 0 aromatic heterocycles. The third-order valence-electron chi connectivity index (χ3n) is 4.09. The molecule has 0 radical (unpaired) electrons. The van der Waals surface area contributed by atoms with Crippen molar-refractivity contribution in [2.45, 2.75) is 31.1 Å². The number of nitrogens with one attached hydrogen (secondary N) is 1. The van der Waals surface area contributed by atoms with Crippen LogP contribution in [0.3, 0.4) is 0 Å². The van der Waals surface area contributed by atoms with Gasteiger partial charge in [-0.2, -0.15) is 4.99 Å². The molecule has 1 heterocycles. The molecule has 1 fully saturated rings. The van der Waals surface area contributed by atoms with Gasteiger partial charge in [-0.05, 0) is 44.5 Å². The van der Waals surface area contributed by atoms with Gasteiger partial charge in [-0.25, -0.2) is 4.79 Å². The lowest BCUT2D eigenvalue weighted by Crippen LogP contribution is -2.32. The molecular weight excluding hydrogens is 424 g/mol. The van der Waals surface area contributed by atoms with Gasteiger partial charge in [0.15, 0.2) is 5.17 Å². The highest BCUT2D eigenvalue weighted by molar-refractivity contribution is 8.15. The summed E-state index contributed by atoms with van der Waals surface area (Å²) in [5.74, 6) is 0.731. The molecule has 0 bridgehead atoms. The van der Waals surface area contributed by atoms with Crippen LogP contribution in [0.4, 0.5) is 16.2 Å². The van der Waals surface area contributed by atoms with Crippen LogP contribution in [-0.4, -0.2) is 67.2 Å². The topological polar surface area (TPSA) is 91.3 Å². The zero-order chi connectivity index (χ0) is 22.1. The van der Waals surface area contributed by atoms with Gasteiger partial charge in [0, 0.05) is 4.90 Å². The van der Waals surface area contributed by atoms with Crippen molar-refractivity contribution in [1.29, 1.82) is 0 Å². The molecule has 8 nitrogen and oxygen atoms in total. The van der Waals surface area contributed by atoms with E-state index in [9.17, 15) is 14.4 Å². The molecule has 0 saturated carbocycles. The van der Waals surface area contributed by atoms with Crippen LogP contribution in [0.5, 0.6) is 0 Å². The van der Waals surface area contributed by atoms with E-state index >= 15 is 0 Å². The first-order valence-corrected chi connectivity index (χ1v) is 11.7. The molecule has 1 aliphatic rings. The highest BCUT2D eigenvalue weighted by atomic mass is 32.2. The zero-order valence-electron chi connectivity index (χ0n) is 17.8. The number of hydrogen-bond acceptors (Lipinski definition) is 7. The molecule has 30 heavy (non-hydrogen) atoms. The number of carbonyl (C=O) groups is 3. The molecule has 3 amide bonds. The lowest BCUT2D eigenvalue weighted by molar-refractivity contribution is -0.117. The summed E-state index contributed by atoms with van der Waals surface area (Å²) in [6, 6.07) is 5.56. The van der Waals surface area contributed by atoms with Crippen LogP contribution in [0.15, 0.2) is 28.1 Å². The van der Waals surface area contributed by atoms with Crippen molar-refractivity contribution >= 4 is 58.0 Å². The number of thioether (sulfide) groups is 2. The summed E-state index contributed by atoms with van der Waals surface area (Å²) in [4.78, 5) is 44.6. The summed E-state index contributed by atoms with van der Waals surface area (Å²) in [7, 11) is 4.85. The molecule has 0 spiro atoms. The quantitative estimate of drug-likeness (QED) is 0.451. The smallest absolute Gasteiger partial charge is 0.435 e. The predicted octanol–water partition coefficient (Wildman–Crippen LogP) is 3.67. The minimum absolute atomic E-state index is 0.161. The SMILES string of the molecule is CCCCCSc1ccc(N2C(=O)CS/C2=N\C(=O)OC)c(NC(=O)CN(C)C)c1. The Morgan fingerprint density at radius 2 is 2.10 bits per heavy atom. The maximum absolute atomic E-state index is 12.5. The number of rotatable bonds is 9. The standard InChI is InChI=1S/C20H28N4O4S2/c1-5-6-7-10-29-14-8-9-16(15(11-14)21-17(25)12-23(2)3)24-18(26)13-30-19(24)22-20(27)28-4/h8-9,11H,5-7,10,12-13H2,1-4H3,(H,21,25)/b22-19-. The van der Waals surface area contributed by atoms with Crippen LogP contribution >= 0.6 is 23.5 Å². The minimum atomic E-state index is -0.779. The molecule has 1 saturated heterocycles. The fourth-order valence-corrected chi connectivity index (χ4v) is 4.52. The Bertz CT molecular complexity index is 814. The Hall–Kier alpha value is -2.04. The van der Waals surface area contributed by atoms with Crippen molar-refractivity contribution in [3.63, 3.8) is 0 Å². The number of unbranched alkanes of at least 4 members (excludes halogenated alkanes) is 2. The lowest BCUT2D eigenvalue weighted by atomic mass is 10.2. The molecule has 10 heteroatoms. The molecule has 1 aromatic rings. The van der Waals surface area contributed by atoms with Gasteiger partial charge < -0.3 is 15.0 Å². The van der Waals surface area contributed by atoms with Crippen molar-refractivity contribution in [3.8, 4) is 0 Å². The van der Waals surface area contributed by atoms with Crippen LogP contribution < -0.4 is 10.2 Å². The van der Waals surface area contributed by atoms with E-state index in [0.29, 0.717) is 11.4 Å². The Kier molecular flexibility index (Phi) is 9.67. The number of hydrogen-bond donors (Lipinski definition) is 1. The van der Waals surface area contributed by atoms with E-state index in [1.54, 1.807) is 22.7 Å². The van der Waals surface area contributed by atoms with Crippen molar-refractivity contribution in [2.75, 3.05) is 49.5 Å². The van der Waals surface area contributed by atoms with Gasteiger partial charge in [0.25, 0.3) is 0 Å². The zero-order valence-corrected chi connectivity index (χ0v) is 19.4. The van der Waals surface area contributed by atoms with E-state index in [0.717, 1.165) is 35.3 Å². The maximum atomic E-state index is 12.5. The van der Waals surface area contributed by atoms with E-state index in [4.69, 9.17) is 0 Å². The van der Waals surface area contributed by atoms with Gasteiger partial charge in [0.2, 0.25) is 11.8 Å². The van der Waals surface area contributed by atoms with Gasteiger partial charge in [-0.15, -0.1) is 11.8 Å². The lowest BCUT2D eigenvalue weighted by Gasteiger charge is -2.21. The predicted molar refractivity (Wildman–Crippen MR) is 124 cm³/mol. The number of aliphatic imine (C=N–C) groups is 1. The number of likely N-dealkylation sites (N-methyl/N-ethyl adjacent to an activating group) is 1. The summed E-state index contributed by atoms with van der Waals surface area (Å²) in [6.45, 7) is 2.37. The van der Waals surface area contributed by atoms with E-state index in [1.807, 2.05) is 26.2 Å². The molecule has 2 rings (SSSR count). The van der Waals surface area contributed by atoms with Crippen LogP contribution in [-0.2, 0) is 14.3 Å². The summed E-state index contributed by atoms with van der Waals surface area (Å²) in [6.07, 6.45) is 2.66. The maximum Gasteiger partial charge on any atom is 0.435 e. The van der Waals surface area contributed by atoms with Gasteiger partial charge in [-0.1, -0.05) is 31.5 Å². The van der Waals surface area contributed by atoms with E-state index in [-0.39, 0.29) is 29.3 Å². The first kappa shape index (κ1) is 24.2. The fraction of sp³-hybridized carbons (Fsp3) is 0.500. The second-order valence-corrected chi connectivity index (χ2v) is 9.01. The highest BCUT2D eigenvalue weighted by Gasteiger charge is 2.32. The number of amidine groups is 1. The molecule has 1 aliphatic heterocycles. The third kappa shape index (κ3) is 7.03. The molecule has 164 valence electrons. The molecule has 1 N–H and O–H groups in total. The monoisotopic (exact) mass is 452 g/mol. The fourth-order valence-electron chi connectivity index (χ4n) is 2.72. The van der Waals surface area contributed by atoms with Crippen molar-refractivity contribution in [2.24, 2.45) is 4.99 Å². The van der Waals surface area contributed by atoms with Crippen LogP contribution in [0.25, 0.3) is 0 Å². The Balaban J connectivity index is 2.35. The number of benzene rings is 1. The summed E-state index contributed by atoms with van der Waals surface area (Å²) < 4.78 is 4.60. The second kappa shape index (κ2) is 12.0. The minimum Gasteiger partial charge on any atom is -0.451 e. The Morgan fingerprint density at radius 3 is 2.77 bits per heavy atom. The van der Waals surface area contributed by atoms with E-state index < -0.39 is 6.09 Å². The average Bonchev–Trinajstić information content (AvgIpc) is 3.04. The molecular formula is C20H28N4O4S2. The van der Waals surface area contributed by atoms with Crippen molar-refractivity contribution < 1.29 is 19.1 Å². The molecule has 0 aliphatic carbocycles. The number of nitrogens with zero attached hydrogens (tertiary/aromatic N) is 3. The number of anilines is 2. The largest absolute Gasteiger partial charge is 0.451 e. The Morgan fingerprint density at radius 1 is 1.33 bits per heavy atom. The first-order chi connectivity index (χ1) is 14.3. The van der Waals surface area contributed by atoms with E-state index in [2.05, 4.69) is 22.0 Å². The first-order valence-electron chi connectivity index (χ1n) is 9.69. The number of ether oxygens (including phenoxy) is 1. The molecule has 0 unspecified atom stereocenters. The summed E-state index contributed by atoms with van der Waals surface area (Å²) in [5.41, 5.74) is 0.994. The van der Waals surface area contributed by atoms with Crippen molar-refractivity contribution in [3.05, 3.63) is 18.2 Å². The second-order valence-electron chi connectivity index (χ2n) is 6.90. The normalized spacial score (nSPS) is 15.2. The van der Waals surface area contributed by atoms with Gasteiger partial charge in [0.05, 0.1) is 30.8 Å². The van der Waals surface area contributed by atoms with Gasteiger partial charge in [0.1, 0.15) is 0 Å². The van der Waals surface area contributed by atoms with Crippen LogP contribution in [0.2, 0.25) is 0 Å². The molecule has 1 aromatic carbocycles. The van der Waals surface area contributed by atoms with Gasteiger partial charge >= 0.3 is 6.09 Å². The van der Waals surface area contributed by atoms with Crippen LogP contribution in [0.1, 0.15) is 26.2 Å². The number of carbonyl (C=O) groups excluding carboxylic acids is 3. The summed E-state index contributed by atoms with van der Waals surface area (Å²) >= 11 is 2.87. The van der Waals surface area contributed by atoms with Crippen LogP contribution in [0, 0.1) is 0 Å². The van der Waals surface area contributed by atoms with E-state index in [1.165, 1.54) is 18.4 Å². The molecule has 0 atom stereocenters. The average molecular weight is 453 g/mol. The third-order valence-corrected chi connectivity index (χ3v) is 6.09. The highest BCUT2D eigenvalue weighted by Crippen LogP contribution is 2.36. The Labute approximate surface area is 185 Å².